The number of amides is 1. The maximum Gasteiger partial charge on any atom is 0.282 e. The molecule has 6 heteroatoms. The number of aliphatic imine (C=N–C) groups is 1. The number of rotatable bonds is 3. The maximum absolute atomic E-state index is 11.5. The third-order valence-corrected chi connectivity index (χ3v) is 3.19. The Labute approximate surface area is 102 Å². The monoisotopic (exact) mass is 260 g/mol. The fourth-order valence-electron chi connectivity index (χ4n) is 1.69. The van der Waals surface area contributed by atoms with Gasteiger partial charge in [0.15, 0.2) is 0 Å². The van der Waals surface area contributed by atoms with Crippen LogP contribution < -0.4 is 0 Å². The molecular formula is C10H10Cl2N2O2. The van der Waals surface area contributed by atoms with Crippen molar-refractivity contribution in [3.63, 3.8) is 0 Å². The SMILES string of the molecule is CCCCn1c(O)c2c(c1Cl)C(=O)N=C2Cl. The molecule has 1 amide bonds. The highest BCUT2D eigenvalue weighted by molar-refractivity contribution is 6.72. The predicted molar refractivity (Wildman–Crippen MR) is 62.7 cm³/mol. The Balaban J connectivity index is 2.51. The number of hydrogen-bond donors (Lipinski definition) is 1. The first kappa shape index (κ1) is 11.5. The molecule has 1 aliphatic rings. The second kappa shape index (κ2) is 4.11. The molecule has 1 aromatic heterocycles. The summed E-state index contributed by atoms with van der Waals surface area (Å²) >= 11 is 11.8. The van der Waals surface area contributed by atoms with Crippen LogP contribution >= 0.6 is 23.2 Å². The number of aromatic hydroxyl groups is 1. The van der Waals surface area contributed by atoms with Crippen LogP contribution in [0.2, 0.25) is 5.15 Å². The van der Waals surface area contributed by atoms with Gasteiger partial charge in [0.1, 0.15) is 10.3 Å². The first-order valence-electron chi connectivity index (χ1n) is 4.97. The molecule has 1 aliphatic heterocycles. The van der Waals surface area contributed by atoms with Gasteiger partial charge in [-0.1, -0.05) is 36.5 Å². The molecule has 0 aliphatic carbocycles. The molecule has 1 N–H and O–H groups in total. The Kier molecular flexibility index (Phi) is 2.95. The Morgan fingerprint density at radius 3 is 2.62 bits per heavy atom. The Bertz CT molecular complexity index is 491. The first-order chi connectivity index (χ1) is 7.57. The minimum absolute atomic E-state index is 0.00893. The molecule has 0 radical (unpaired) electrons. The van der Waals surface area contributed by atoms with E-state index in [2.05, 4.69) is 4.99 Å². The summed E-state index contributed by atoms with van der Waals surface area (Å²) in [5.74, 6) is -0.566. The lowest BCUT2D eigenvalue weighted by molar-refractivity contribution is 0.101. The molecule has 0 atom stereocenters. The van der Waals surface area contributed by atoms with Crippen molar-refractivity contribution in [3.05, 3.63) is 16.3 Å². The van der Waals surface area contributed by atoms with Crippen LogP contribution in [-0.4, -0.2) is 20.8 Å². The fraction of sp³-hybridized carbons (Fsp3) is 0.400. The summed E-state index contributed by atoms with van der Waals surface area (Å²) in [7, 11) is 0. The van der Waals surface area contributed by atoms with Crippen LogP contribution in [-0.2, 0) is 6.54 Å². The molecule has 4 nitrogen and oxygen atoms in total. The van der Waals surface area contributed by atoms with Crippen molar-refractivity contribution >= 4 is 34.3 Å². The summed E-state index contributed by atoms with van der Waals surface area (Å²) in [6.45, 7) is 2.59. The number of carbonyl (C=O) groups excluding carboxylic acids is 1. The van der Waals surface area contributed by atoms with Crippen LogP contribution in [0.25, 0.3) is 0 Å². The fourth-order valence-corrected chi connectivity index (χ4v) is 2.29. The zero-order valence-corrected chi connectivity index (χ0v) is 10.1. The zero-order chi connectivity index (χ0) is 11.9. The zero-order valence-electron chi connectivity index (χ0n) is 8.63. The van der Waals surface area contributed by atoms with Crippen molar-refractivity contribution < 1.29 is 9.90 Å². The molecule has 0 fully saturated rings. The van der Waals surface area contributed by atoms with E-state index in [0.29, 0.717) is 6.54 Å². The van der Waals surface area contributed by atoms with Gasteiger partial charge in [-0.3, -0.25) is 4.79 Å². The highest BCUT2D eigenvalue weighted by Gasteiger charge is 2.33. The van der Waals surface area contributed by atoms with Gasteiger partial charge >= 0.3 is 0 Å². The lowest BCUT2D eigenvalue weighted by Crippen LogP contribution is -1.99. The maximum atomic E-state index is 11.5. The number of aromatic nitrogens is 1. The summed E-state index contributed by atoms with van der Waals surface area (Å²) in [6, 6.07) is 0. The van der Waals surface area contributed by atoms with Crippen LogP contribution in [0.4, 0.5) is 0 Å². The smallest absolute Gasteiger partial charge is 0.282 e. The van der Waals surface area contributed by atoms with E-state index >= 15 is 0 Å². The summed E-state index contributed by atoms with van der Waals surface area (Å²) < 4.78 is 1.49. The third kappa shape index (κ3) is 1.53. The minimum Gasteiger partial charge on any atom is -0.494 e. The molecule has 0 aromatic carbocycles. The van der Waals surface area contributed by atoms with Crippen molar-refractivity contribution in [2.75, 3.05) is 0 Å². The molecule has 2 rings (SSSR count). The van der Waals surface area contributed by atoms with Gasteiger partial charge in [-0.05, 0) is 6.42 Å². The van der Waals surface area contributed by atoms with Gasteiger partial charge < -0.3 is 9.67 Å². The number of nitrogens with zero attached hydrogens (tertiary/aromatic N) is 2. The second-order valence-corrected chi connectivity index (χ2v) is 4.29. The van der Waals surface area contributed by atoms with Crippen molar-refractivity contribution in [2.24, 2.45) is 4.99 Å². The van der Waals surface area contributed by atoms with Gasteiger partial charge in [0, 0.05) is 6.54 Å². The van der Waals surface area contributed by atoms with Gasteiger partial charge in [-0.15, -0.1) is 0 Å². The first-order valence-corrected chi connectivity index (χ1v) is 5.73. The van der Waals surface area contributed by atoms with Crippen LogP contribution in [0.5, 0.6) is 5.88 Å². The quantitative estimate of drug-likeness (QED) is 0.909. The van der Waals surface area contributed by atoms with Crippen LogP contribution in [0.1, 0.15) is 35.7 Å². The second-order valence-electron chi connectivity index (χ2n) is 3.58. The van der Waals surface area contributed by atoms with E-state index < -0.39 is 5.91 Å². The Morgan fingerprint density at radius 2 is 2.06 bits per heavy atom. The molecular weight excluding hydrogens is 251 g/mol. The van der Waals surface area contributed by atoms with Gasteiger partial charge in [0.05, 0.1) is 11.1 Å². The van der Waals surface area contributed by atoms with Crippen LogP contribution in [0, 0.1) is 0 Å². The average Bonchev–Trinajstić information content (AvgIpc) is 2.65. The summed E-state index contributed by atoms with van der Waals surface area (Å²) in [4.78, 5) is 15.0. The van der Waals surface area contributed by atoms with E-state index in [9.17, 15) is 9.90 Å². The van der Waals surface area contributed by atoms with E-state index in [4.69, 9.17) is 23.2 Å². The van der Waals surface area contributed by atoms with Crippen molar-refractivity contribution in [3.8, 4) is 5.88 Å². The Hall–Kier alpha value is -1.00. The van der Waals surface area contributed by atoms with Crippen molar-refractivity contribution in [2.45, 2.75) is 26.3 Å². The standard InChI is InChI=1S/C10H10Cl2N2O2/c1-2-3-4-14-8(12)6-5(10(14)16)7(11)13-9(6)15/h16H,2-4H2,1H3. The van der Waals surface area contributed by atoms with Crippen molar-refractivity contribution in [1.29, 1.82) is 0 Å². The molecule has 16 heavy (non-hydrogen) atoms. The van der Waals surface area contributed by atoms with E-state index in [-0.39, 0.29) is 27.3 Å². The molecule has 0 saturated heterocycles. The lowest BCUT2D eigenvalue weighted by atomic mass is 10.2. The van der Waals surface area contributed by atoms with E-state index in [1.54, 1.807) is 0 Å². The molecule has 0 unspecified atom stereocenters. The van der Waals surface area contributed by atoms with E-state index in [0.717, 1.165) is 12.8 Å². The molecule has 0 bridgehead atoms. The van der Waals surface area contributed by atoms with Gasteiger partial charge in [-0.2, -0.15) is 4.99 Å². The molecule has 86 valence electrons. The number of unbranched alkanes of at least 4 members (excludes halogenated alkanes) is 1. The van der Waals surface area contributed by atoms with Crippen LogP contribution in [0.3, 0.4) is 0 Å². The molecule has 1 aromatic rings. The lowest BCUT2D eigenvalue weighted by Gasteiger charge is -2.05. The van der Waals surface area contributed by atoms with Gasteiger partial charge in [0.2, 0.25) is 5.88 Å². The largest absolute Gasteiger partial charge is 0.494 e. The van der Waals surface area contributed by atoms with E-state index in [1.165, 1.54) is 4.57 Å². The number of halogens is 2. The van der Waals surface area contributed by atoms with Crippen molar-refractivity contribution in [1.82, 2.24) is 4.57 Å². The van der Waals surface area contributed by atoms with Gasteiger partial charge in [-0.25, -0.2) is 0 Å². The number of hydrogen-bond acceptors (Lipinski definition) is 2. The summed E-state index contributed by atoms with van der Waals surface area (Å²) in [5.41, 5.74) is 0.466. The van der Waals surface area contributed by atoms with Crippen LogP contribution in [0.15, 0.2) is 4.99 Å². The Morgan fingerprint density at radius 1 is 1.38 bits per heavy atom. The molecule has 2 heterocycles. The molecule has 0 spiro atoms. The summed E-state index contributed by atoms with van der Waals surface area (Å²) in [5, 5.41) is 10.1. The predicted octanol–water partition coefficient (Wildman–Crippen LogP) is 2.79. The molecule has 0 saturated carbocycles. The highest BCUT2D eigenvalue weighted by atomic mass is 35.5. The topological polar surface area (TPSA) is 54.6 Å². The number of carbonyl (C=O) groups is 1. The average molecular weight is 261 g/mol. The van der Waals surface area contributed by atoms with Gasteiger partial charge in [0.25, 0.3) is 5.91 Å². The minimum atomic E-state index is -0.490. The van der Waals surface area contributed by atoms with E-state index in [1.807, 2.05) is 6.92 Å². The highest BCUT2D eigenvalue weighted by Crippen LogP contribution is 2.38. The normalized spacial score (nSPS) is 14.2. The summed E-state index contributed by atoms with van der Waals surface area (Å²) in [6.07, 6.45) is 1.83. The number of fused-ring (bicyclic) bond motifs is 1. The third-order valence-electron chi connectivity index (χ3n) is 2.53.